The fourth-order valence-corrected chi connectivity index (χ4v) is 4.64. The van der Waals surface area contributed by atoms with Gasteiger partial charge in [-0.3, -0.25) is 9.59 Å². The predicted octanol–water partition coefficient (Wildman–Crippen LogP) is 3.76. The second-order valence-electron chi connectivity index (χ2n) is 8.43. The van der Waals surface area contributed by atoms with Gasteiger partial charge in [0, 0.05) is 25.1 Å². The first-order valence-corrected chi connectivity index (χ1v) is 11.1. The van der Waals surface area contributed by atoms with Crippen molar-refractivity contribution in [2.24, 2.45) is 0 Å². The average molecular weight is 440 g/mol. The Bertz CT molecular complexity index is 1240. The standard InChI is InChI=1S/C27H24N2O4/c1-17-7-5-6-10-21(17)24-25(30)28-13-14-29(24)26(31)19-11-12-22-20(15-19)16-23(33-27(22)32)18-8-3-2-4-9-18/h2-12,15,23-24H,13-14,16H2,1H3,(H,28,30). The zero-order valence-electron chi connectivity index (χ0n) is 18.3. The number of nitrogens with one attached hydrogen (secondary N) is 1. The molecule has 3 aromatic rings. The van der Waals surface area contributed by atoms with Crippen molar-refractivity contribution in [3.63, 3.8) is 0 Å². The third kappa shape index (κ3) is 3.89. The van der Waals surface area contributed by atoms with Crippen molar-refractivity contribution in [2.45, 2.75) is 25.5 Å². The van der Waals surface area contributed by atoms with Gasteiger partial charge in [0.2, 0.25) is 5.91 Å². The molecule has 2 amide bonds. The highest BCUT2D eigenvalue weighted by molar-refractivity contribution is 6.00. The Balaban J connectivity index is 1.47. The lowest BCUT2D eigenvalue weighted by Gasteiger charge is -2.36. The minimum atomic E-state index is -0.689. The predicted molar refractivity (Wildman–Crippen MR) is 123 cm³/mol. The van der Waals surface area contributed by atoms with E-state index in [-0.39, 0.29) is 17.8 Å². The van der Waals surface area contributed by atoms with Crippen molar-refractivity contribution < 1.29 is 19.1 Å². The van der Waals surface area contributed by atoms with Crippen LogP contribution in [-0.4, -0.2) is 35.8 Å². The van der Waals surface area contributed by atoms with E-state index >= 15 is 0 Å². The fourth-order valence-electron chi connectivity index (χ4n) is 4.64. The highest BCUT2D eigenvalue weighted by atomic mass is 16.5. The summed E-state index contributed by atoms with van der Waals surface area (Å²) in [4.78, 5) is 40.6. The van der Waals surface area contributed by atoms with E-state index < -0.39 is 12.1 Å². The summed E-state index contributed by atoms with van der Waals surface area (Å²) in [6.45, 7) is 2.75. The van der Waals surface area contributed by atoms with Crippen molar-refractivity contribution in [2.75, 3.05) is 13.1 Å². The van der Waals surface area contributed by atoms with E-state index in [9.17, 15) is 14.4 Å². The molecule has 1 N–H and O–H groups in total. The van der Waals surface area contributed by atoms with Gasteiger partial charge in [-0.15, -0.1) is 0 Å². The number of benzene rings is 3. The summed E-state index contributed by atoms with van der Waals surface area (Å²) in [5.41, 5.74) is 4.40. The molecule has 2 atom stereocenters. The molecule has 6 heteroatoms. The van der Waals surface area contributed by atoms with Gasteiger partial charge in [-0.05, 0) is 47.4 Å². The van der Waals surface area contributed by atoms with Crippen molar-refractivity contribution in [1.29, 1.82) is 0 Å². The maximum atomic E-state index is 13.6. The number of esters is 1. The number of carbonyl (C=O) groups is 3. The normalized spacial score (nSPS) is 20.0. The van der Waals surface area contributed by atoms with E-state index in [0.717, 1.165) is 22.3 Å². The van der Waals surface area contributed by atoms with Gasteiger partial charge < -0.3 is 15.0 Å². The number of carbonyl (C=O) groups excluding carboxylic acids is 3. The molecule has 0 bridgehead atoms. The summed E-state index contributed by atoms with van der Waals surface area (Å²) in [5.74, 6) is -0.801. The van der Waals surface area contributed by atoms with E-state index in [0.29, 0.717) is 30.6 Å². The largest absolute Gasteiger partial charge is 0.454 e. The lowest BCUT2D eigenvalue weighted by molar-refractivity contribution is -0.128. The maximum Gasteiger partial charge on any atom is 0.339 e. The molecule has 0 aliphatic carbocycles. The van der Waals surface area contributed by atoms with Crippen LogP contribution in [0.4, 0.5) is 0 Å². The van der Waals surface area contributed by atoms with Crippen LogP contribution in [0.1, 0.15) is 55.1 Å². The van der Waals surface area contributed by atoms with E-state index in [4.69, 9.17) is 4.74 Å². The molecule has 1 fully saturated rings. The summed E-state index contributed by atoms with van der Waals surface area (Å²) >= 11 is 0. The second kappa shape index (κ2) is 8.54. The molecule has 5 rings (SSSR count). The summed E-state index contributed by atoms with van der Waals surface area (Å²) in [7, 11) is 0. The molecule has 0 spiro atoms. The first-order chi connectivity index (χ1) is 16.0. The highest BCUT2D eigenvalue weighted by Gasteiger charge is 2.36. The van der Waals surface area contributed by atoms with Crippen LogP contribution in [0.3, 0.4) is 0 Å². The Kier molecular flexibility index (Phi) is 5.42. The molecule has 0 radical (unpaired) electrons. The smallest absolute Gasteiger partial charge is 0.339 e. The summed E-state index contributed by atoms with van der Waals surface area (Å²) < 4.78 is 5.63. The Morgan fingerprint density at radius 3 is 2.55 bits per heavy atom. The molecule has 2 unspecified atom stereocenters. The molecule has 6 nitrogen and oxygen atoms in total. The minimum Gasteiger partial charge on any atom is -0.454 e. The number of hydrogen-bond acceptors (Lipinski definition) is 4. The van der Waals surface area contributed by atoms with Gasteiger partial charge in [-0.2, -0.15) is 0 Å². The molecular formula is C27H24N2O4. The van der Waals surface area contributed by atoms with Gasteiger partial charge in [-0.25, -0.2) is 4.79 Å². The Morgan fingerprint density at radius 2 is 1.76 bits per heavy atom. The third-order valence-electron chi connectivity index (χ3n) is 6.35. The molecule has 166 valence electrons. The fraction of sp³-hybridized carbons (Fsp3) is 0.222. The van der Waals surface area contributed by atoms with Gasteiger partial charge in [0.15, 0.2) is 0 Å². The Morgan fingerprint density at radius 1 is 1.00 bits per heavy atom. The molecule has 33 heavy (non-hydrogen) atoms. The van der Waals surface area contributed by atoms with E-state index in [1.54, 1.807) is 23.1 Å². The topological polar surface area (TPSA) is 75.7 Å². The van der Waals surface area contributed by atoms with E-state index in [1.165, 1.54) is 0 Å². The summed E-state index contributed by atoms with van der Waals surface area (Å²) in [5, 5.41) is 2.88. The summed E-state index contributed by atoms with van der Waals surface area (Å²) in [6, 6.07) is 21.6. The number of aryl methyl sites for hydroxylation is 1. The number of rotatable bonds is 3. The van der Waals surface area contributed by atoms with E-state index in [2.05, 4.69) is 5.32 Å². The van der Waals surface area contributed by atoms with Crippen LogP contribution in [0, 0.1) is 6.92 Å². The van der Waals surface area contributed by atoms with Gasteiger partial charge in [0.25, 0.3) is 5.91 Å². The number of nitrogens with zero attached hydrogens (tertiary/aromatic N) is 1. The quantitative estimate of drug-likeness (QED) is 0.630. The van der Waals surface area contributed by atoms with Crippen LogP contribution in [0.25, 0.3) is 0 Å². The number of cyclic esters (lactones) is 1. The molecule has 2 aliphatic heterocycles. The number of ether oxygens (including phenoxy) is 1. The average Bonchev–Trinajstić information content (AvgIpc) is 2.84. The van der Waals surface area contributed by atoms with E-state index in [1.807, 2.05) is 61.5 Å². The lowest BCUT2D eigenvalue weighted by atomic mass is 9.92. The van der Waals surface area contributed by atoms with Crippen molar-refractivity contribution in [3.8, 4) is 0 Å². The molecule has 2 heterocycles. The van der Waals surface area contributed by atoms with Crippen LogP contribution in [0.2, 0.25) is 0 Å². The number of hydrogen-bond donors (Lipinski definition) is 1. The zero-order valence-corrected chi connectivity index (χ0v) is 18.3. The van der Waals surface area contributed by atoms with Gasteiger partial charge in [-0.1, -0.05) is 54.6 Å². The van der Waals surface area contributed by atoms with Crippen LogP contribution in [0.15, 0.2) is 72.8 Å². The number of amides is 2. The van der Waals surface area contributed by atoms with Gasteiger partial charge in [0.1, 0.15) is 12.1 Å². The van der Waals surface area contributed by atoms with Crippen molar-refractivity contribution >= 4 is 17.8 Å². The van der Waals surface area contributed by atoms with Gasteiger partial charge in [0.05, 0.1) is 5.56 Å². The molecule has 3 aromatic carbocycles. The third-order valence-corrected chi connectivity index (χ3v) is 6.35. The highest BCUT2D eigenvalue weighted by Crippen LogP contribution is 2.32. The maximum absolute atomic E-state index is 13.6. The second-order valence-corrected chi connectivity index (χ2v) is 8.43. The number of fused-ring (bicyclic) bond motifs is 1. The molecule has 1 saturated heterocycles. The zero-order chi connectivity index (χ0) is 22.9. The van der Waals surface area contributed by atoms with Crippen LogP contribution < -0.4 is 5.32 Å². The first kappa shape index (κ1) is 20.9. The van der Waals surface area contributed by atoms with Crippen LogP contribution >= 0.6 is 0 Å². The van der Waals surface area contributed by atoms with Crippen molar-refractivity contribution in [1.82, 2.24) is 10.2 Å². The molecule has 2 aliphatic rings. The van der Waals surface area contributed by atoms with Crippen LogP contribution in [-0.2, 0) is 16.0 Å². The SMILES string of the molecule is Cc1ccccc1C1C(=O)NCCN1C(=O)c1ccc2c(c1)CC(c1ccccc1)OC2=O. The Hall–Kier alpha value is -3.93. The van der Waals surface area contributed by atoms with Crippen molar-refractivity contribution in [3.05, 3.63) is 106 Å². The summed E-state index contributed by atoms with van der Waals surface area (Å²) in [6.07, 6.45) is 0.102. The monoisotopic (exact) mass is 440 g/mol. The molecule has 0 saturated carbocycles. The molecule has 0 aromatic heterocycles. The van der Waals surface area contributed by atoms with Gasteiger partial charge >= 0.3 is 5.97 Å². The molecular weight excluding hydrogens is 416 g/mol. The lowest BCUT2D eigenvalue weighted by Crippen LogP contribution is -2.52. The van der Waals surface area contributed by atoms with Crippen LogP contribution in [0.5, 0.6) is 0 Å². The minimum absolute atomic E-state index is 0.186. The first-order valence-electron chi connectivity index (χ1n) is 11.1. The Labute approximate surface area is 192 Å². The number of piperazine rings is 1.